The summed E-state index contributed by atoms with van der Waals surface area (Å²) in [6, 6.07) is 9.67. The van der Waals surface area contributed by atoms with Crippen LogP contribution in [0.1, 0.15) is 11.1 Å². The minimum absolute atomic E-state index is 0.00869. The molecule has 0 spiro atoms. The van der Waals surface area contributed by atoms with Gasteiger partial charge in [-0.2, -0.15) is 0 Å². The van der Waals surface area contributed by atoms with E-state index in [1.165, 1.54) is 12.1 Å². The van der Waals surface area contributed by atoms with Gasteiger partial charge in [-0.25, -0.2) is 4.39 Å². The van der Waals surface area contributed by atoms with E-state index in [0.717, 1.165) is 30.8 Å². The summed E-state index contributed by atoms with van der Waals surface area (Å²) in [4.78, 5) is 28.2. The van der Waals surface area contributed by atoms with E-state index >= 15 is 0 Å². The summed E-state index contributed by atoms with van der Waals surface area (Å²) in [5.74, 6) is -0.222. The van der Waals surface area contributed by atoms with Crippen molar-refractivity contribution in [3.63, 3.8) is 0 Å². The van der Waals surface area contributed by atoms with E-state index in [9.17, 15) is 14.0 Å². The zero-order valence-corrected chi connectivity index (χ0v) is 14.3. The summed E-state index contributed by atoms with van der Waals surface area (Å²) in [6.07, 6.45) is 2.08. The predicted molar refractivity (Wildman–Crippen MR) is 93.6 cm³/mol. The highest BCUT2D eigenvalue weighted by atomic mass is 19.1. The lowest BCUT2D eigenvalue weighted by molar-refractivity contribution is -0.132. The predicted octanol–water partition coefficient (Wildman–Crippen LogP) is 1.41. The molecular formula is C19H22FN3O2. The summed E-state index contributed by atoms with van der Waals surface area (Å²) >= 11 is 0. The average Bonchev–Trinajstić information content (AvgIpc) is 2.61. The molecule has 1 aliphatic rings. The largest absolute Gasteiger partial charge is 0.340 e. The van der Waals surface area contributed by atoms with Gasteiger partial charge >= 0.3 is 0 Å². The number of aryl methyl sites for hydroxylation is 1. The van der Waals surface area contributed by atoms with Gasteiger partial charge in [-0.3, -0.25) is 14.5 Å². The first-order valence-corrected chi connectivity index (χ1v) is 8.41. The van der Waals surface area contributed by atoms with Gasteiger partial charge in [0.25, 0.3) is 5.56 Å². The maximum Gasteiger partial charge on any atom is 0.250 e. The first-order chi connectivity index (χ1) is 12.0. The Balaban J connectivity index is 1.50. The number of pyridine rings is 1. The molecule has 0 N–H and O–H groups in total. The van der Waals surface area contributed by atoms with E-state index < -0.39 is 0 Å². The standard InChI is InChI=1S/C19H22FN3O2/c1-21-7-6-16(13-18(21)24)14-22-8-10-23(11-9-22)19(25)12-15-2-4-17(20)5-3-15/h2-7,13H,8-12,14H2,1H3. The van der Waals surface area contributed by atoms with E-state index in [4.69, 9.17) is 0 Å². The van der Waals surface area contributed by atoms with Gasteiger partial charge in [-0.15, -0.1) is 0 Å². The van der Waals surface area contributed by atoms with Crippen molar-refractivity contribution in [1.82, 2.24) is 14.4 Å². The van der Waals surface area contributed by atoms with Crippen molar-refractivity contribution in [2.24, 2.45) is 7.05 Å². The molecule has 0 aliphatic carbocycles. The number of nitrogens with zero attached hydrogens (tertiary/aromatic N) is 3. The lowest BCUT2D eigenvalue weighted by Crippen LogP contribution is -2.48. The van der Waals surface area contributed by atoms with Crippen LogP contribution in [0.3, 0.4) is 0 Å². The summed E-state index contributed by atoms with van der Waals surface area (Å²) in [5, 5.41) is 0. The van der Waals surface area contributed by atoms with Gasteiger partial charge in [0.1, 0.15) is 5.82 Å². The minimum atomic E-state index is -0.291. The van der Waals surface area contributed by atoms with E-state index in [2.05, 4.69) is 4.90 Å². The SMILES string of the molecule is Cn1ccc(CN2CCN(C(=O)Cc3ccc(F)cc3)CC2)cc1=O. The Hall–Kier alpha value is -2.47. The number of halogens is 1. The molecular weight excluding hydrogens is 321 g/mol. The van der Waals surface area contributed by atoms with E-state index in [1.807, 2.05) is 11.0 Å². The Morgan fingerprint density at radius 3 is 2.36 bits per heavy atom. The Morgan fingerprint density at radius 1 is 1.04 bits per heavy atom. The van der Waals surface area contributed by atoms with Crippen LogP contribution in [0.5, 0.6) is 0 Å². The normalized spacial score (nSPS) is 15.4. The van der Waals surface area contributed by atoms with Crippen molar-refractivity contribution in [1.29, 1.82) is 0 Å². The molecule has 1 aromatic carbocycles. The van der Waals surface area contributed by atoms with E-state index in [1.54, 1.807) is 36.0 Å². The van der Waals surface area contributed by atoms with Crippen LogP contribution < -0.4 is 5.56 Å². The van der Waals surface area contributed by atoms with Crippen molar-refractivity contribution < 1.29 is 9.18 Å². The smallest absolute Gasteiger partial charge is 0.250 e. The zero-order chi connectivity index (χ0) is 17.8. The zero-order valence-electron chi connectivity index (χ0n) is 14.3. The number of hydrogen-bond acceptors (Lipinski definition) is 3. The molecule has 6 heteroatoms. The number of hydrogen-bond donors (Lipinski definition) is 0. The summed E-state index contributed by atoms with van der Waals surface area (Å²) in [7, 11) is 1.73. The number of amides is 1. The fraction of sp³-hybridized carbons (Fsp3) is 0.368. The molecule has 3 rings (SSSR count). The summed E-state index contributed by atoms with van der Waals surface area (Å²) in [6.45, 7) is 3.63. The molecule has 2 heterocycles. The third-order valence-corrected chi connectivity index (χ3v) is 4.57. The molecule has 5 nitrogen and oxygen atoms in total. The van der Waals surface area contributed by atoms with Crippen molar-refractivity contribution in [3.8, 4) is 0 Å². The van der Waals surface area contributed by atoms with Crippen molar-refractivity contribution in [3.05, 3.63) is 69.9 Å². The number of rotatable bonds is 4. The van der Waals surface area contributed by atoms with Gasteiger partial charge in [0.2, 0.25) is 5.91 Å². The second-order valence-corrected chi connectivity index (χ2v) is 6.44. The van der Waals surface area contributed by atoms with Crippen LogP contribution in [0.15, 0.2) is 47.4 Å². The average molecular weight is 343 g/mol. The molecule has 25 heavy (non-hydrogen) atoms. The van der Waals surface area contributed by atoms with E-state index in [0.29, 0.717) is 19.5 Å². The molecule has 1 saturated heterocycles. The highest BCUT2D eigenvalue weighted by Crippen LogP contribution is 2.10. The molecule has 0 atom stereocenters. The second-order valence-electron chi connectivity index (χ2n) is 6.44. The monoisotopic (exact) mass is 343 g/mol. The molecule has 1 fully saturated rings. The van der Waals surface area contributed by atoms with Crippen LogP contribution in [-0.2, 0) is 24.8 Å². The minimum Gasteiger partial charge on any atom is -0.340 e. The molecule has 1 amide bonds. The third kappa shape index (κ3) is 4.54. The molecule has 0 radical (unpaired) electrons. The number of aromatic nitrogens is 1. The first kappa shape index (κ1) is 17.4. The highest BCUT2D eigenvalue weighted by Gasteiger charge is 2.21. The van der Waals surface area contributed by atoms with Gasteiger partial charge in [-0.05, 0) is 29.3 Å². The Kier molecular flexibility index (Phi) is 5.28. The number of carbonyl (C=O) groups excluding carboxylic acids is 1. The van der Waals surface area contributed by atoms with Crippen LogP contribution in [0.25, 0.3) is 0 Å². The Morgan fingerprint density at radius 2 is 1.72 bits per heavy atom. The third-order valence-electron chi connectivity index (χ3n) is 4.57. The molecule has 0 unspecified atom stereocenters. The van der Waals surface area contributed by atoms with Crippen LogP contribution >= 0.6 is 0 Å². The lowest BCUT2D eigenvalue weighted by Gasteiger charge is -2.34. The fourth-order valence-electron chi connectivity index (χ4n) is 2.99. The van der Waals surface area contributed by atoms with Gasteiger partial charge in [0.15, 0.2) is 0 Å². The van der Waals surface area contributed by atoms with Gasteiger partial charge in [-0.1, -0.05) is 12.1 Å². The maximum absolute atomic E-state index is 12.9. The van der Waals surface area contributed by atoms with E-state index in [-0.39, 0.29) is 17.3 Å². The molecule has 132 valence electrons. The van der Waals surface area contributed by atoms with Crippen molar-refractivity contribution in [2.75, 3.05) is 26.2 Å². The maximum atomic E-state index is 12.9. The fourth-order valence-corrected chi connectivity index (χ4v) is 2.99. The quantitative estimate of drug-likeness (QED) is 0.843. The van der Waals surface area contributed by atoms with Crippen LogP contribution in [0.2, 0.25) is 0 Å². The lowest BCUT2D eigenvalue weighted by atomic mass is 10.1. The van der Waals surface area contributed by atoms with Crippen molar-refractivity contribution >= 4 is 5.91 Å². The van der Waals surface area contributed by atoms with Gasteiger partial charge in [0.05, 0.1) is 6.42 Å². The van der Waals surface area contributed by atoms with Gasteiger partial charge in [0, 0.05) is 52.0 Å². The molecule has 0 saturated carbocycles. The topological polar surface area (TPSA) is 45.5 Å². The molecule has 0 bridgehead atoms. The van der Waals surface area contributed by atoms with Crippen LogP contribution in [-0.4, -0.2) is 46.5 Å². The summed E-state index contributed by atoms with van der Waals surface area (Å²) < 4.78 is 14.5. The van der Waals surface area contributed by atoms with Crippen LogP contribution in [0, 0.1) is 5.82 Å². The molecule has 1 aliphatic heterocycles. The summed E-state index contributed by atoms with van der Waals surface area (Å²) in [5.41, 5.74) is 1.81. The first-order valence-electron chi connectivity index (χ1n) is 8.41. The van der Waals surface area contributed by atoms with Crippen LogP contribution in [0.4, 0.5) is 4.39 Å². The van der Waals surface area contributed by atoms with Crippen molar-refractivity contribution in [2.45, 2.75) is 13.0 Å². The molecule has 1 aromatic heterocycles. The number of carbonyl (C=O) groups is 1. The second kappa shape index (κ2) is 7.61. The number of benzene rings is 1. The Bertz CT molecular complexity index is 793. The Labute approximate surface area is 146 Å². The molecule has 2 aromatic rings. The van der Waals surface area contributed by atoms with Gasteiger partial charge < -0.3 is 9.47 Å². The highest BCUT2D eigenvalue weighted by molar-refractivity contribution is 5.78. The number of piperazine rings is 1.